The van der Waals surface area contributed by atoms with Crippen LogP contribution in [0.15, 0.2) is 41.5 Å². The molecular weight excluding hydrogens is 292 g/mol. The predicted molar refractivity (Wildman–Crippen MR) is 89.9 cm³/mol. The van der Waals surface area contributed by atoms with E-state index >= 15 is 0 Å². The first-order valence-corrected chi connectivity index (χ1v) is 7.92. The molecule has 0 aliphatic carbocycles. The van der Waals surface area contributed by atoms with Gasteiger partial charge in [-0.3, -0.25) is 4.79 Å². The van der Waals surface area contributed by atoms with Crippen LogP contribution in [0.25, 0.3) is 0 Å². The van der Waals surface area contributed by atoms with Gasteiger partial charge in [0, 0.05) is 43.6 Å². The standard InChI is InChI=1S/C17H22N4O2/c1-23-15-7-3-2-5-13(15)11-20-14-6-4-10-21(12-14)16-17(22)19-9-8-18-16/h2-3,5,7-9,14,20H,4,6,10-12H2,1H3,(H,19,22)/t14-/m0/s1. The van der Waals surface area contributed by atoms with Crippen LogP contribution in [0.4, 0.5) is 5.82 Å². The maximum atomic E-state index is 11.9. The molecule has 0 radical (unpaired) electrons. The van der Waals surface area contributed by atoms with Gasteiger partial charge >= 0.3 is 0 Å². The number of H-pyrrole nitrogens is 1. The third-order valence-electron chi connectivity index (χ3n) is 4.18. The van der Waals surface area contributed by atoms with E-state index in [1.165, 1.54) is 0 Å². The van der Waals surface area contributed by atoms with Crippen LogP contribution in [0, 0.1) is 0 Å². The third-order valence-corrected chi connectivity index (χ3v) is 4.18. The Balaban J connectivity index is 1.63. The number of aromatic amines is 1. The van der Waals surface area contributed by atoms with Gasteiger partial charge in [-0.2, -0.15) is 0 Å². The van der Waals surface area contributed by atoms with Crippen LogP contribution in [-0.4, -0.2) is 36.2 Å². The quantitative estimate of drug-likeness (QED) is 0.876. The molecule has 6 nitrogen and oxygen atoms in total. The Morgan fingerprint density at radius 1 is 1.43 bits per heavy atom. The first-order chi connectivity index (χ1) is 11.3. The average molecular weight is 314 g/mol. The van der Waals surface area contributed by atoms with Crippen molar-refractivity contribution in [3.05, 3.63) is 52.6 Å². The molecule has 0 bridgehead atoms. The molecule has 3 rings (SSSR count). The lowest BCUT2D eigenvalue weighted by Crippen LogP contribution is -2.47. The van der Waals surface area contributed by atoms with Crippen molar-refractivity contribution < 1.29 is 4.74 Å². The fourth-order valence-electron chi connectivity index (χ4n) is 3.01. The summed E-state index contributed by atoms with van der Waals surface area (Å²) in [5, 5.41) is 3.57. The third kappa shape index (κ3) is 3.71. The lowest BCUT2D eigenvalue weighted by Gasteiger charge is -2.33. The summed E-state index contributed by atoms with van der Waals surface area (Å²) < 4.78 is 5.39. The van der Waals surface area contributed by atoms with E-state index in [9.17, 15) is 4.79 Å². The molecule has 2 N–H and O–H groups in total. The van der Waals surface area contributed by atoms with Gasteiger partial charge in [0.25, 0.3) is 5.56 Å². The maximum Gasteiger partial charge on any atom is 0.290 e. The molecule has 1 aromatic heterocycles. The first kappa shape index (κ1) is 15.6. The fourth-order valence-corrected chi connectivity index (χ4v) is 3.01. The second kappa shape index (κ2) is 7.28. The number of hydrogen-bond donors (Lipinski definition) is 2. The minimum atomic E-state index is -0.127. The van der Waals surface area contributed by atoms with Gasteiger partial charge in [-0.15, -0.1) is 0 Å². The average Bonchev–Trinajstić information content (AvgIpc) is 2.61. The summed E-state index contributed by atoms with van der Waals surface area (Å²) >= 11 is 0. The zero-order valence-corrected chi connectivity index (χ0v) is 13.3. The Bertz CT molecular complexity index is 701. The molecule has 1 atom stereocenters. The number of methoxy groups -OCH3 is 1. The summed E-state index contributed by atoms with van der Waals surface area (Å²) in [5.41, 5.74) is 1.01. The molecule has 0 spiro atoms. The van der Waals surface area contributed by atoms with Gasteiger partial charge in [0.2, 0.25) is 0 Å². The van der Waals surface area contributed by atoms with Crippen LogP contribution < -0.4 is 20.5 Å². The van der Waals surface area contributed by atoms with Gasteiger partial charge in [-0.1, -0.05) is 18.2 Å². The molecular formula is C17H22N4O2. The summed E-state index contributed by atoms with van der Waals surface area (Å²) in [6.45, 7) is 2.41. The van der Waals surface area contributed by atoms with Gasteiger partial charge in [0.15, 0.2) is 5.82 Å². The van der Waals surface area contributed by atoms with Crippen LogP contribution in [0.2, 0.25) is 0 Å². The van der Waals surface area contributed by atoms with Gasteiger partial charge in [0.1, 0.15) is 5.75 Å². The second-order valence-corrected chi connectivity index (χ2v) is 5.72. The number of rotatable bonds is 5. The zero-order chi connectivity index (χ0) is 16.1. The lowest BCUT2D eigenvalue weighted by atomic mass is 10.1. The van der Waals surface area contributed by atoms with Crippen LogP contribution in [-0.2, 0) is 6.54 Å². The normalized spacial score (nSPS) is 18.0. The first-order valence-electron chi connectivity index (χ1n) is 7.92. The van der Waals surface area contributed by atoms with E-state index in [4.69, 9.17) is 4.74 Å². The van der Waals surface area contributed by atoms with Crippen molar-refractivity contribution in [2.45, 2.75) is 25.4 Å². The number of anilines is 1. The lowest BCUT2D eigenvalue weighted by molar-refractivity contribution is 0.394. The highest BCUT2D eigenvalue weighted by Crippen LogP contribution is 2.19. The van der Waals surface area contributed by atoms with Gasteiger partial charge in [0.05, 0.1) is 7.11 Å². The molecule has 6 heteroatoms. The Labute approximate surface area is 135 Å². The van der Waals surface area contributed by atoms with Crippen molar-refractivity contribution in [1.29, 1.82) is 0 Å². The highest BCUT2D eigenvalue weighted by molar-refractivity contribution is 5.36. The second-order valence-electron chi connectivity index (χ2n) is 5.72. The zero-order valence-electron chi connectivity index (χ0n) is 13.3. The Morgan fingerprint density at radius 3 is 3.13 bits per heavy atom. The van der Waals surface area contributed by atoms with Crippen molar-refractivity contribution in [2.75, 3.05) is 25.1 Å². The number of nitrogens with one attached hydrogen (secondary N) is 2. The van der Waals surface area contributed by atoms with Gasteiger partial charge in [-0.05, 0) is 18.9 Å². The molecule has 122 valence electrons. The van der Waals surface area contributed by atoms with Crippen LogP contribution in [0.3, 0.4) is 0 Å². The molecule has 1 aliphatic rings. The molecule has 1 saturated heterocycles. The molecule has 2 aromatic rings. The summed E-state index contributed by atoms with van der Waals surface area (Å²) in [4.78, 5) is 20.9. The molecule has 0 saturated carbocycles. The summed E-state index contributed by atoms with van der Waals surface area (Å²) in [7, 11) is 1.69. The molecule has 0 amide bonds. The van der Waals surface area contributed by atoms with E-state index < -0.39 is 0 Å². The van der Waals surface area contributed by atoms with Crippen molar-refractivity contribution in [3.8, 4) is 5.75 Å². The van der Waals surface area contributed by atoms with E-state index in [0.29, 0.717) is 11.9 Å². The number of para-hydroxylation sites is 1. The number of ether oxygens (including phenoxy) is 1. The molecule has 1 fully saturated rings. The van der Waals surface area contributed by atoms with Crippen molar-refractivity contribution in [1.82, 2.24) is 15.3 Å². The molecule has 2 heterocycles. The highest BCUT2D eigenvalue weighted by Gasteiger charge is 2.22. The van der Waals surface area contributed by atoms with Crippen molar-refractivity contribution in [2.24, 2.45) is 0 Å². The molecule has 1 aromatic carbocycles. The van der Waals surface area contributed by atoms with Crippen molar-refractivity contribution >= 4 is 5.82 Å². The minimum Gasteiger partial charge on any atom is -0.496 e. The Kier molecular flexibility index (Phi) is 4.92. The predicted octanol–water partition coefficient (Wildman–Crippen LogP) is 1.54. The van der Waals surface area contributed by atoms with Crippen molar-refractivity contribution in [3.63, 3.8) is 0 Å². The summed E-state index contributed by atoms with van der Waals surface area (Å²) in [6, 6.07) is 8.35. The fraction of sp³-hybridized carbons (Fsp3) is 0.412. The highest BCUT2D eigenvalue weighted by atomic mass is 16.5. The smallest absolute Gasteiger partial charge is 0.290 e. The number of benzene rings is 1. The topological polar surface area (TPSA) is 70.2 Å². The van der Waals surface area contributed by atoms with E-state index in [-0.39, 0.29) is 5.56 Å². The monoisotopic (exact) mass is 314 g/mol. The van der Waals surface area contributed by atoms with Gasteiger partial charge in [-0.25, -0.2) is 4.98 Å². The van der Waals surface area contributed by atoms with E-state index in [2.05, 4.69) is 26.3 Å². The Morgan fingerprint density at radius 2 is 2.30 bits per heavy atom. The molecule has 0 unspecified atom stereocenters. The number of piperidine rings is 1. The largest absolute Gasteiger partial charge is 0.496 e. The minimum absolute atomic E-state index is 0.127. The summed E-state index contributed by atoms with van der Waals surface area (Å²) in [5.74, 6) is 1.41. The van der Waals surface area contributed by atoms with Crippen LogP contribution >= 0.6 is 0 Å². The molecule has 23 heavy (non-hydrogen) atoms. The van der Waals surface area contributed by atoms with E-state index in [1.54, 1.807) is 19.5 Å². The number of aromatic nitrogens is 2. The van der Waals surface area contributed by atoms with Gasteiger partial charge < -0.3 is 19.9 Å². The SMILES string of the molecule is COc1ccccc1CN[C@H]1CCCN(c2ncc[nH]c2=O)C1. The van der Waals surface area contributed by atoms with Crippen LogP contribution in [0.1, 0.15) is 18.4 Å². The Hall–Kier alpha value is -2.34. The van der Waals surface area contributed by atoms with Crippen LogP contribution in [0.5, 0.6) is 5.75 Å². The van der Waals surface area contributed by atoms with E-state index in [0.717, 1.165) is 43.8 Å². The van der Waals surface area contributed by atoms with E-state index in [1.807, 2.05) is 18.2 Å². The number of nitrogens with zero attached hydrogens (tertiary/aromatic N) is 2. The molecule has 1 aliphatic heterocycles. The maximum absolute atomic E-state index is 11.9. The summed E-state index contributed by atoms with van der Waals surface area (Å²) in [6.07, 6.45) is 5.33. The number of hydrogen-bond acceptors (Lipinski definition) is 5.